The van der Waals surface area contributed by atoms with Crippen molar-refractivity contribution in [3.8, 4) is 0 Å². The Kier molecular flexibility index (Phi) is 4.28. The molecule has 7 nitrogen and oxygen atoms in total. The normalized spacial score (nSPS) is 20.7. The van der Waals surface area contributed by atoms with Gasteiger partial charge in [-0.05, 0) is 46.0 Å². The number of ether oxygens (including phenoxy) is 1. The van der Waals surface area contributed by atoms with Crippen LogP contribution in [-0.4, -0.2) is 72.3 Å². The maximum absolute atomic E-state index is 5.45. The summed E-state index contributed by atoms with van der Waals surface area (Å²) in [6, 6.07) is 2.61. The molecule has 7 heteroatoms. The van der Waals surface area contributed by atoms with Crippen LogP contribution >= 0.6 is 0 Å². The van der Waals surface area contributed by atoms with Gasteiger partial charge in [0.1, 0.15) is 11.5 Å². The summed E-state index contributed by atoms with van der Waals surface area (Å²) < 4.78 is 5.45. The molecular weight excluding hydrogens is 304 g/mol. The van der Waals surface area contributed by atoms with Gasteiger partial charge in [-0.15, -0.1) is 0 Å². The SMILES string of the molecule is Cc1cc2c(NC3CCN(C)CC3)nc(N3CCOCC3)nc2[nH]1. The Balaban J connectivity index is 1.64. The van der Waals surface area contributed by atoms with Crippen LogP contribution in [0.5, 0.6) is 0 Å². The lowest BCUT2D eigenvalue weighted by molar-refractivity contribution is 0.122. The zero-order valence-corrected chi connectivity index (χ0v) is 14.5. The molecule has 0 saturated carbocycles. The van der Waals surface area contributed by atoms with Crippen LogP contribution < -0.4 is 10.2 Å². The van der Waals surface area contributed by atoms with Crippen molar-refractivity contribution >= 4 is 22.8 Å². The minimum absolute atomic E-state index is 0.479. The number of anilines is 2. The van der Waals surface area contributed by atoms with Gasteiger partial charge >= 0.3 is 0 Å². The second-order valence-corrected chi connectivity index (χ2v) is 6.91. The van der Waals surface area contributed by atoms with E-state index in [-0.39, 0.29) is 0 Å². The van der Waals surface area contributed by atoms with Gasteiger partial charge in [-0.2, -0.15) is 9.97 Å². The van der Waals surface area contributed by atoms with Gasteiger partial charge in [-0.3, -0.25) is 0 Å². The number of morpholine rings is 1. The van der Waals surface area contributed by atoms with Crippen molar-refractivity contribution in [2.45, 2.75) is 25.8 Å². The second-order valence-electron chi connectivity index (χ2n) is 6.91. The van der Waals surface area contributed by atoms with Gasteiger partial charge in [0, 0.05) is 24.8 Å². The highest BCUT2D eigenvalue weighted by atomic mass is 16.5. The van der Waals surface area contributed by atoms with E-state index in [1.807, 2.05) is 0 Å². The fraction of sp³-hybridized carbons (Fsp3) is 0.647. The quantitative estimate of drug-likeness (QED) is 0.891. The van der Waals surface area contributed by atoms with E-state index in [1.54, 1.807) is 0 Å². The molecule has 0 aliphatic carbocycles. The molecule has 0 atom stereocenters. The van der Waals surface area contributed by atoms with Crippen LogP contribution in [0.2, 0.25) is 0 Å². The Hall–Kier alpha value is -1.86. The van der Waals surface area contributed by atoms with Gasteiger partial charge in [0.15, 0.2) is 0 Å². The number of H-pyrrole nitrogens is 1. The van der Waals surface area contributed by atoms with E-state index in [0.29, 0.717) is 6.04 Å². The minimum atomic E-state index is 0.479. The molecule has 0 bridgehead atoms. The number of fused-ring (bicyclic) bond motifs is 1. The van der Waals surface area contributed by atoms with Gasteiger partial charge < -0.3 is 24.8 Å². The molecule has 2 aliphatic heterocycles. The lowest BCUT2D eigenvalue weighted by Crippen LogP contribution is -2.38. The lowest BCUT2D eigenvalue weighted by atomic mass is 10.1. The first kappa shape index (κ1) is 15.7. The highest BCUT2D eigenvalue weighted by Crippen LogP contribution is 2.26. The van der Waals surface area contributed by atoms with Crippen molar-refractivity contribution in [3.05, 3.63) is 11.8 Å². The molecule has 2 aromatic heterocycles. The van der Waals surface area contributed by atoms with Gasteiger partial charge in [0.05, 0.1) is 18.6 Å². The average Bonchev–Trinajstić information content (AvgIpc) is 2.98. The van der Waals surface area contributed by atoms with E-state index in [2.05, 4.69) is 40.1 Å². The van der Waals surface area contributed by atoms with Crippen LogP contribution in [0.25, 0.3) is 11.0 Å². The zero-order valence-electron chi connectivity index (χ0n) is 14.5. The van der Waals surface area contributed by atoms with Crippen LogP contribution in [0.1, 0.15) is 18.5 Å². The topological polar surface area (TPSA) is 69.3 Å². The smallest absolute Gasteiger partial charge is 0.229 e. The molecule has 0 amide bonds. The number of piperidine rings is 1. The lowest BCUT2D eigenvalue weighted by Gasteiger charge is -2.30. The number of nitrogens with one attached hydrogen (secondary N) is 2. The van der Waals surface area contributed by atoms with E-state index in [1.165, 1.54) is 0 Å². The molecule has 2 saturated heterocycles. The van der Waals surface area contributed by atoms with Crippen LogP contribution in [0, 0.1) is 6.92 Å². The standard InChI is InChI=1S/C17H26N6O/c1-12-11-14-15(18-12)20-17(23-7-9-24-10-8-23)21-16(14)19-13-3-5-22(2)6-4-13/h11,13H,3-10H2,1-2H3,(H2,18,19,20,21). The van der Waals surface area contributed by atoms with Crippen molar-refractivity contribution in [2.24, 2.45) is 0 Å². The summed E-state index contributed by atoms with van der Waals surface area (Å²) in [5, 5.41) is 4.77. The first-order valence-corrected chi connectivity index (χ1v) is 8.84. The molecule has 0 radical (unpaired) electrons. The summed E-state index contributed by atoms with van der Waals surface area (Å²) in [7, 11) is 2.19. The molecule has 2 aromatic rings. The minimum Gasteiger partial charge on any atom is -0.378 e. The fourth-order valence-electron chi connectivity index (χ4n) is 3.49. The van der Waals surface area contributed by atoms with E-state index in [0.717, 1.165) is 80.7 Å². The number of aromatic amines is 1. The predicted molar refractivity (Wildman–Crippen MR) is 95.8 cm³/mol. The molecule has 130 valence electrons. The molecule has 2 aliphatic rings. The average molecular weight is 330 g/mol. The molecule has 24 heavy (non-hydrogen) atoms. The Labute approximate surface area is 142 Å². The van der Waals surface area contributed by atoms with Crippen molar-refractivity contribution in [2.75, 3.05) is 56.7 Å². The van der Waals surface area contributed by atoms with Gasteiger partial charge in [0.25, 0.3) is 0 Å². The molecular formula is C17H26N6O. The number of aromatic nitrogens is 3. The summed E-state index contributed by atoms with van der Waals surface area (Å²) in [6.45, 7) is 7.50. The molecule has 4 rings (SSSR count). The zero-order chi connectivity index (χ0) is 16.5. The van der Waals surface area contributed by atoms with Crippen molar-refractivity contribution in [3.63, 3.8) is 0 Å². The van der Waals surface area contributed by atoms with Gasteiger partial charge in [-0.1, -0.05) is 0 Å². The highest BCUT2D eigenvalue weighted by Gasteiger charge is 2.21. The second kappa shape index (κ2) is 6.57. The van der Waals surface area contributed by atoms with Crippen LogP contribution in [0.4, 0.5) is 11.8 Å². The number of likely N-dealkylation sites (tertiary alicyclic amines) is 1. The number of hydrogen-bond donors (Lipinski definition) is 2. The Bertz CT molecular complexity index is 700. The Morgan fingerprint density at radius 2 is 1.92 bits per heavy atom. The van der Waals surface area contributed by atoms with Crippen molar-refractivity contribution < 1.29 is 4.74 Å². The molecule has 0 aromatic carbocycles. The monoisotopic (exact) mass is 330 g/mol. The predicted octanol–water partition coefficient (Wildman–Crippen LogP) is 1.61. The molecule has 0 spiro atoms. The fourth-order valence-corrected chi connectivity index (χ4v) is 3.49. The van der Waals surface area contributed by atoms with E-state index < -0.39 is 0 Å². The van der Waals surface area contributed by atoms with Crippen LogP contribution in [-0.2, 0) is 4.74 Å². The Morgan fingerprint density at radius 3 is 2.67 bits per heavy atom. The van der Waals surface area contributed by atoms with Crippen LogP contribution in [0.15, 0.2) is 6.07 Å². The van der Waals surface area contributed by atoms with Crippen LogP contribution in [0.3, 0.4) is 0 Å². The molecule has 0 unspecified atom stereocenters. The molecule has 2 N–H and O–H groups in total. The Morgan fingerprint density at radius 1 is 1.17 bits per heavy atom. The van der Waals surface area contributed by atoms with Crippen molar-refractivity contribution in [1.82, 2.24) is 19.9 Å². The largest absolute Gasteiger partial charge is 0.378 e. The number of nitrogens with zero attached hydrogens (tertiary/aromatic N) is 4. The summed E-state index contributed by atoms with van der Waals surface area (Å²) in [5.74, 6) is 1.75. The summed E-state index contributed by atoms with van der Waals surface area (Å²) in [4.78, 5) is 17.6. The number of rotatable bonds is 3. The van der Waals surface area contributed by atoms with Crippen molar-refractivity contribution in [1.29, 1.82) is 0 Å². The third-order valence-electron chi connectivity index (χ3n) is 4.96. The summed E-state index contributed by atoms with van der Waals surface area (Å²) >= 11 is 0. The van der Waals surface area contributed by atoms with E-state index in [9.17, 15) is 0 Å². The first-order chi connectivity index (χ1) is 11.7. The first-order valence-electron chi connectivity index (χ1n) is 8.84. The summed E-state index contributed by atoms with van der Waals surface area (Å²) in [5.41, 5.74) is 2.03. The maximum atomic E-state index is 5.45. The number of aryl methyl sites for hydroxylation is 1. The third-order valence-corrected chi connectivity index (χ3v) is 4.96. The number of hydrogen-bond acceptors (Lipinski definition) is 6. The highest BCUT2D eigenvalue weighted by molar-refractivity contribution is 5.89. The van der Waals surface area contributed by atoms with E-state index in [4.69, 9.17) is 14.7 Å². The molecule has 4 heterocycles. The van der Waals surface area contributed by atoms with E-state index >= 15 is 0 Å². The molecule has 2 fully saturated rings. The van der Waals surface area contributed by atoms with Gasteiger partial charge in [-0.25, -0.2) is 0 Å². The maximum Gasteiger partial charge on any atom is 0.229 e. The van der Waals surface area contributed by atoms with Gasteiger partial charge in [0.2, 0.25) is 5.95 Å². The third kappa shape index (κ3) is 3.18. The summed E-state index contributed by atoms with van der Waals surface area (Å²) in [6.07, 6.45) is 2.30.